The molecule has 4 rings (SSSR count). The third kappa shape index (κ3) is 4.65. The molecule has 2 aliphatic heterocycles. The molecule has 3 heterocycles. The molecule has 3 N–H and O–H groups in total. The van der Waals surface area contributed by atoms with Gasteiger partial charge in [0, 0.05) is 36.4 Å². The minimum atomic E-state index is -5.12. The van der Waals surface area contributed by atoms with Crippen LogP contribution in [0.25, 0.3) is 0 Å². The molecule has 16 heteroatoms. The number of nitrogens with one attached hydrogen (secondary N) is 1. The fraction of sp³-hybridized carbons (Fsp3) is 0.650. The monoisotopic (exact) mass is 526 g/mol. The van der Waals surface area contributed by atoms with Gasteiger partial charge in [-0.15, -0.1) is 13.2 Å². The summed E-state index contributed by atoms with van der Waals surface area (Å²) in [6.45, 7) is -1.31. The van der Waals surface area contributed by atoms with E-state index >= 15 is 0 Å². The van der Waals surface area contributed by atoms with Crippen molar-refractivity contribution in [3.8, 4) is 0 Å². The second kappa shape index (κ2) is 8.74. The molecule has 36 heavy (non-hydrogen) atoms. The summed E-state index contributed by atoms with van der Waals surface area (Å²) in [6.07, 6.45) is -9.81. The number of nitrogens with two attached hydrogens (primary N) is 1. The molecule has 3 unspecified atom stereocenters. The van der Waals surface area contributed by atoms with Gasteiger partial charge in [0.1, 0.15) is 12.6 Å². The molecule has 1 aromatic heterocycles. The molecule has 0 spiro atoms. The molecule has 0 radical (unpaired) electrons. The molecule has 198 valence electrons. The van der Waals surface area contributed by atoms with Gasteiger partial charge >= 0.3 is 12.5 Å². The maximum atomic E-state index is 13.0. The highest BCUT2D eigenvalue weighted by molar-refractivity contribution is 5.97. The summed E-state index contributed by atoms with van der Waals surface area (Å²) in [5.41, 5.74) is 2.66. The molecule has 3 fully saturated rings. The van der Waals surface area contributed by atoms with E-state index < -0.39 is 83.3 Å². The average molecular weight is 526 g/mol. The lowest BCUT2D eigenvalue weighted by Gasteiger charge is -2.34. The number of halogens is 6. The topological polar surface area (TPSA) is 145 Å². The second-order valence-corrected chi connectivity index (χ2v) is 9.12. The number of ketones is 1. The minimum absolute atomic E-state index is 0.130. The van der Waals surface area contributed by atoms with Crippen LogP contribution in [0.2, 0.25) is 0 Å². The van der Waals surface area contributed by atoms with Crippen molar-refractivity contribution in [2.75, 3.05) is 19.7 Å². The number of Topliss-reactive ketones (excluding diaryl/α,β-unsaturated/α-hetero) is 1. The molecule has 1 saturated carbocycles. The minimum Gasteiger partial charge on any atom is -0.368 e. The fourth-order valence-corrected chi connectivity index (χ4v) is 5.52. The molecule has 10 nitrogen and oxygen atoms in total. The van der Waals surface area contributed by atoms with Gasteiger partial charge in [0.05, 0.1) is 0 Å². The summed E-state index contributed by atoms with van der Waals surface area (Å²) in [5.74, 6) is -7.15. The van der Waals surface area contributed by atoms with Gasteiger partial charge in [-0.25, -0.2) is 0 Å². The molecular weight excluding hydrogens is 506 g/mol. The number of hydrogen-bond donors (Lipinski definition) is 2. The molecule has 1 aliphatic carbocycles. The zero-order valence-electron chi connectivity index (χ0n) is 18.3. The largest absolute Gasteiger partial charge is 0.522 e. The first-order valence-electron chi connectivity index (χ1n) is 10.8. The number of piperidine rings is 1. The van der Waals surface area contributed by atoms with Crippen LogP contribution in [0.1, 0.15) is 35.5 Å². The zero-order valence-corrected chi connectivity index (χ0v) is 18.3. The SMILES string of the molecule is NC(=O)C1N(C(=O)c2cc(C(F)(F)F)no2)CC2CC21[C@H](C[C@H]1CCNC1=O)C(=O)COC(F)(F)F. The number of carbonyl (C=O) groups is 4. The van der Waals surface area contributed by atoms with Crippen LogP contribution in [0.5, 0.6) is 0 Å². The van der Waals surface area contributed by atoms with E-state index in [9.17, 15) is 45.5 Å². The predicted molar refractivity (Wildman–Crippen MR) is 102 cm³/mol. The van der Waals surface area contributed by atoms with Gasteiger partial charge in [0.25, 0.3) is 5.91 Å². The number of aromatic nitrogens is 1. The molecule has 3 aliphatic rings. The molecule has 1 aromatic rings. The number of ether oxygens (including phenoxy) is 1. The summed E-state index contributed by atoms with van der Waals surface area (Å²) in [4.78, 5) is 51.4. The zero-order chi connectivity index (χ0) is 26.6. The number of nitrogens with zero attached hydrogens (tertiary/aromatic N) is 2. The van der Waals surface area contributed by atoms with Crippen molar-refractivity contribution in [3.05, 3.63) is 17.5 Å². The number of carbonyl (C=O) groups excluding carboxylic acids is 4. The van der Waals surface area contributed by atoms with E-state index in [2.05, 4.69) is 19.7 Å². The predicted octanol–water partition coefficient (Wildman–Crippen LogP) is 1.26. The Labute approximate surface area is 198 Å². The highest BCUT2D eigenvalue weighted by Crippen LogP contribution is 2.67. The second-order valence-electron chi connectivity index (χ2n) is 9.12. The van der Waals surface area contributed by atoms with E-state index in [0.29, 0.717) is 12.5 Å². The first-order valence-corrected chi connectivity index (χ1v) is 10.8. The Kier molecular flexibility index (Phi) is 6.29. The van der Waals surface area contributed by atoms with Gasteiger partial charge in [0.2, 0.25) is 17.6 Å². The van der Waals surface area contributed by atoms with Gasteiger partial charge in [-0.3, -0.25) is 23.9 Å². The van der Waals surface area contributed by atoms with Crippen molar-refractivity contribution in [3.63, 3.8) is 0 Å². The van der Waals surface area contributed by atoms with E-state index in [1.54, 1.807) is 0 Å². The lowest BCUT2D eigenvalue weighted by atomic mass is 9.74. The lowest BCUT2D eigenvalue weighted by molar-refractivity contribution is -0.321. The molecule has 5 atom stereocenters. The Bertz CT molecular complexity index is 1090. The lowest BCUT2D eigenvalue weighted by Crippen LogP contribution is -2.52. The molecule has 0 aromatic carbocycles. The summed E-state index contributed by atoms with van der Waals surface area (Å²) in [5, 5.41) is 5.35. The van der Waals surface area contributed by atoms with Crippen molar-refractivity contribution in [2.45, 2.75) is 37.8 Å². The van der Waals surface area contributed by atoms with Crippen molar-refractivity contribution in [1.82, 2.24) is 15.4 Å². The van der Waals surface area contributed by atoms with Crippen molar-refractivity contribution in [2.24, 2.45) is 28.9 Å². The standard InChI is InChI=1S/C20H20F6N4O6/c21-19(22,23)13-4-12(36-29-13)17(34)30-6-9-5-18(9,14(30)15(27)32)10(3-8-1-2-28-16(8)33)11(31)7-35-20(24,25)26/h4,8-10,14H,1-3,5-7H2,(H2,27,32)(H,28,33)/t8-,9?,10-,14?,18?/m1/s1. The molecule has 0 bridgehead atoms. The van der Waals surface area contributed by atoms with Gasteiger partial charge in [-0.05, 0) is 25.2 Å². The molecule has 3 amide bonds. The van der Waals surface area contributed by atoms with E-state index in [-0.39, 0.29) is 25.9 Å². The summed E-state index contributed by atoms with van der Waals surface area (Å²) in [6, 6.07) is -1.20. The molecule has 2 saturated heterocycles. The van der Waals surface area contributed by atoms with E-state index in [4.69, 9.17) is 5.73 Å². The first-order chi connectivity index (χ1) is 16.6. The highest BCUT2D eigenvalue weighted by Gasteiger charge is 2.73. The maximum Gasteiger partial charge on any atom is 0.522 e. The molecular formula is C20H20F6N4O6. The van der Waals surface area contributed by atoms with Crippen molar-refractivity contribution >= 4 is 23.5 Å². The van der Waals surface area contributed by atoms with Crippen LogP contribution < -0.4 is 11.1 Å². The number of likely N-dealkylation sites (tertiary alicyclic amines) is 1. The van der Waals surface area contributed by atoms with Gasteiger partial charge in [-0.1, -0.05) is 5.16 Å². The Morgan fingerprint density at radius 1 is 1.28 bits per heavy atom. The quantitative estimate of drug-likeness (QED) is 0.485. The van der Waals surface area contributed by atoms with Crippen molar-refractivity contribution in [1.29, 1.82) is 0 Å². The average Bonchev–Trinajstić information content (AvgIpc) is 3.15. The van der Waals surface area contributed by atoms with Gasteiger partial charge in [0.15, 0.2) is 11.5 Å². The third-order valence-corrected chi connectivity index (χ3v) is 7.08. The van der Waals surface area contributed by atoms with Crippen LogP contribution in [0.3, 0.4) is 0 Å². The Hall–Kier alpha value is -3.17. The Balaban J connectivity index is 1.64. The maximum absolute atomic E-state index is 13.0. The Morgan fingerprint density at radius 3 is 2.50 bits per heavy atom. The number of amides is 3. The van der Waals surface area contributed by atoms with Crippen LogP contribution in [0, 0.1) is 23.2 Å². The van der Waals surface area contributed by atoms with Crippen LogP contribution in [0.15, 0.2) is 10.6 Å². The van der Waals surface area contributed by atoms with Crippen LogP contribution in [0.4, 0.5) is 26.3 Å². The van der Waals surface area contributed by atoms with E-state index in [1.807, 2.05) is 0 Å². The van der Waals surface area contributed by atoms with E-state index in [1.165, 1.54) is 0 Å². The van der Waals surface area contributed by atoms with Crippen LogP contribution in [-0.4, -0.2) is 65.7 Å². The smallest absolute Gasteiger partial charge is 0.368 e. The van der Waals surface area contributed by atoms with E-state index in [0.717, 1.165) is 4.90 Å². The summed E-state index contributed by atoms with van der Waals surface area (Å²) < 4.78 is 84.6. The number of alkyl halides is 6. The number of fused-ring (bicyclic) bond motifs is 1. The summed E-state index contributed by atoms with van der Waals surface area (Å²) >= 11 is 0. The van der Waals surface area contributed by atoms with Gasteiger partial charge in [-0.2, -0.15) is 13.2 Å². The van der Waals surface area contributed by atoms with Crippen LogP contribution in [-0.2, 0) is 25.3 Å². The highest BCUT2D eigenvalue weighted by atomic mass is 19.4. The van der Waals surface area contributed by atoms with Crippen molar-refractivity contribution < 1.29 is 54.8 Å². The first kappa shape index (κ1) is 25.9. The number of primary amides is 1. The normalized spacial score (nSPS) is 28.6. The van der Waals surface area contributed by atoms with Crippen LogP contribution >= 0.6 is 0 Å². The summed E-state index contributed by atoms with van der Waals surface area (Å²) in [7, 11) is 0. The fourth-order valence-electron chi connectivity index (χ4n) is 5.52. The third-order valence-electron chi connectivity index (χ3n) is 7.08. The number of rotatable bonds is 8. The number of hydrogen-bond acceptors (Lipinski definition) is 7. The van der Waals surface area contributed by atoms with Gasteiger partial charge < -0.3 is 20.5 Å². The Morgan fingerprint density at radius 2 is 1.97 bits per heavy atom.